The van der Waals surface area contributed by atoms with E-state index >= 15 is 0 Å². The van der Waals surface area contributed by atoms with Gasteiger partial charge in [-0.25, -0.2) is 13.6 Å². The molecule has 0 spiro atoms. The molecule has 0 heterocycles. The van der Waals surface area contributed by atoms with E-state index in [-0.39, 0.29) is 6.04 Å². The molecule has 1 aromatic rings. The van der Waals surface area contributed by atoms with E-state index in [4.69, 9.17) is 5.11 Å². The number of nitrogens with one attached hydrogen (secondary N) is 2. The quantitative estimate of drug-likeness (QED) is 0.700. The van der Waals surface area contributed by atoms with Gasteiger partial charge in [-0.3, -0.25) is 4.79 Å². The summed E-state index contributed by atoms with van der Waals surface area (Å²) in [6, 6.07) is -0.145. The van der Waals surface area contributed by atoms with Gasteiger partial charge in [0, 0.05) is 18.2 Å². The van der Waals surface area contributed by atoms with Crippen molar-refractivity contribution in [2.75, 3.05) is 5.32 Å². The highest BCUT2D eigenvalue weighted by atomic mass is 19.3. The van der Waals surface area contributed by atoms with Crippen LogP contribution in [-0.4, -0.2) is 29.8 Å². The summed E-state index contributed by atoms with van der Waals surface area (Å²) in [5.41, 5.74) is -0.532. The Morgan fingerprint density at radius 1 is 1.12 bits per heavy atom. The van der Waals surface area contributed by atoms with Gasteiger partial charge in [-0.1, -0.05) is 0 Å². The first-order chi connectivity index (χ1) is 11.8. The molecule has 0 aliphatic heterocycles. The second kappa shape index (κ2) is 8.04. The van der Waals surface area contributed by atoms with Crippen LogP contribution in [-0.2, 0) is 4.79 Å². The number of urea groups is 1. The van der Waals surface area contributed by atoms with Crippen LogP contribution in [0.5, 0.6) is 5.75 Å². The van der Waals surface area contributed by atoms with Crippen LogP contribution in [0.1, 0.15) is 25.7 Å². The summed E-state index contributed by atoms with van der Waals surface area (Å²) in [6.45, 7) is -3.31. The summed E-state index contributed by atoms with van der Waals surface area (Å²) in [5, 5.41) is 13.5. The fourth-order valence-electron chi connectivity index (χ4n) is 2.64. The molecule has 1 aromatic carbocycles. The van der Waals surface area contributed by atoms with Crippen molar-refractivity contribution in [1.82, 2.24) is 5.32 Å². The van der Waals surface area contributed by atoms with Crippen LogP contribution in [0.4, 0.5) is 28.0 Å². The van der Waals surface area contributed by atoms with Gasteiger partial charge in [0.2, 0.25) is 0 Å². The lowest BCUT2D eigenvalue weighted by atomic mass is 9.86. The monoisotopic (exact) mass is 364 g/mol. The predicted molar refractivity (Wildman–Crippen MR) is 78.5 cm³/mol. The number of carbonyl (C=O) groups is 2. The topological polar surface area (TPSA) is 87.7 Å². The van der Waals surface area contributed by atoms with Crippen molar-refractivity contribution < 1.29 is 37.0 Å². The molecule has 1 fully saturated rings. The Morgan fingerprint density at radius 3 is 2.32 bits per heavy atom. The molecule has 2 rings (SSSR count). The Labute approximate surface area is 140 Å². The smallest absolute Gasteiger partial charge is 0.387 e. The van der Waals surface area contributed by atoms with E-state index in [2.05, 4.69) is 15.4 Å². The number of carbonyl (C=O) groups excluding carboxylic acids is 1. The Kier molecular flexibility index (Phi) is 6.05. The first-order valence-electron chi connectivity index (χ1n) is 7.50. The lowest BCUT2D eigenvalue weighted by Crippen LogP contribution is -2.41. The van der Waals surface area contributed by atoms with Gasteiger partial charge in [0.25, 0.3) is 0 Å². The number of hydrogen-bond donors (Lipinski definition) is 3. The molecule has 0 radical (unpaired) electrons. The third-order valence-corrected chi connectivity index (χ3v) is 3.90. The van der Waals surface area contributed by atoms with Crippen LogP contribution in [0.25, 0.3) is 0 Å². The summed E-state index contributed by atoms with van der Waals surface area (Å²) in [4.78, 5) is 22.7. The molecule has 0 atom stereocenters. The van der Waals surface area contributed by atoms with Crippen molar-refractivity contribution in [3.8, 4) is 5.75 Å². The summed E-state index contributed by atoms with van der Waals surface area (Å²) < 4.78 is 55.2. The minimum Gasteiger partial charge on any atom is -0.481 e. The van der Waals surface area contributed by atoms with E-state index in [9.17, 15) is 27.2 Å². The van der Waals surface area contributed by atoms with Crippen molar-refractivity contribution in [3.05, 3.63) is 23.8 Å². The third kappa shape index (κ3) is 5.23. The molecule has 0 aromatic heterocycles. The highest BCUT2D eigenvalue weighted by molar-refractivity contribution is 5.89. The summed E-state index contributed by atoms with van der Waals surface area (Å²) in [7, 11) is 0. The third-order valence-electron chi connectivity index (χ3n) is 3.90. The lowest BCUT2D eigenvalue weighted by Gasteiger charge is -2.26. The number of rotatable bonds is 5. The van der Waals surface area contributed by atoms with Crippen LogP contribution in [0.15, 0.2) is 12.1 Å². The molecule has 138 valence electrons. The first kappa shape index (κ1) is 18.8. The maximum Gasteiger partial charge on any atom is 0.387 e. The van der Waals surface area contributed by atoms with Gasteiger partial charge in [-0.2, -0.15) is 8.78 Å². The minimum absolute atomic E-state index is 0.287. The molecule has 2 amide bonds. The van der Waals surface area contributed by atoms with Crippen LogP contribution in [0.2, 0.25) is 0 Å². The Balaban J connectivity index is 1.92. The van der Waals surface area contributed by atoms with E-state index in [0.29, 0.717) is 37.8 Å². The van der Waals surface area contributed by atoms with Crippen molar-refractivity contribution in [1.29, 1.82) is 0 Å². The van der Waals surface area contributed by atoms with Crippen LogP contribution >= 0.6 is 0 Å². The number of halogens is 4. The molecule has 3 N–H and O–H groups in total. The molecule has 1 saturated carbocycles. The van der Waals surface area contributed by atoms with Crippen molar-refractivity contribution >= 4 is 17.7 Å². The van der Waals surface area contributed by atoms with Gasteiger partial charge in [0.1, 0.15) is 0 Å². The zero-order valence-electron chi connectivity index (χ0n) is 12.9. The molecule has 10 heteroatoms. The zero-order chi connectivity index (χ0) is 18.6. The first-order valence-corrected chi connectivity index (χ1v) is 7.50. The molecule has 1 aliphatic carbocycles. The zero-order valence-corrected chi connectivity index (χ0v) is 12.9. The second-order valence-electron chi connectivity index (χ2n) is 5.63. The number of alkyl halides is 2. The number of ether oxygens (including phenoxy) is 1. The average Bonchev–Trinajstić information content (AvgIpc) is 2.52. The minimum atomic E-state index is -3.31. The Morgan fingerprint density at radius 2 is 1.76 bits per heavy atom. The fourth-order valence-corrected chi connectivity index (χ4v) is 2.64. The number of amides is 2. The van der Waals surface area contributed by atoms with Gasteiger partial charge < -0.3 is 20.5 Å². The SMILES string of the molecule is O=C(Nc1cc(F)c(OC(F)F)cc1F)NC1CCC(C(=O)O)CC1. The maximum absolute atomic E-state index is 13.8. The lowest BCUT2D eigenvalue weighted by molar-refractivity contribution is -0.142. The normalized spacial score (nSPS) is 20.2. The van der Waals surface area contributed by atoms with E-state index in [0.717, 1.165) is 0 Å². The molecular formula is C15H16F4N2O4. The standard InChI is InChI=1S/C15H16F4N2O4/c16-9-6-12(25-14(18)19)10(17)5-11(9)21-15(24)20-8-3-1-7(2-4-8)13(22)23/h5-8,14H,1-4H2,(H,22,23)(H2,20,21,24). The highest BCUT2D eigenvalue weighted by Crippen LogP contribution is 2.27. The van der Waals surface area contributed by atoms with Gasteiger partial charge in [0.05, 0.1) is 11.6 Å². The van der Waals surface area contributed by atoms with E-state index in [1.54, 1.807) is 0 Å². The number of aliphatic carboxylic acids is 1. The maximum atomic E-state index is 13.8. The van der Waals surface area contributed by atoms with Gasteiger partial charge in [-0.15, -0.1) is 0 Å². The van der Waals surface area contributed by atoms with Gasteiger partial charge in [-0.05, 0) is 25.7 Å². The second-order valence-corrected chi connectivity index (χ2v) is 5.63. The largest absolute Gasteiger partial charge is 0.481 e. The number of carboxylic acid groups (broad SMARTS) is 1. The summed E-state index contributed by atoms with van der Waals surface area (Å²) in [5.74, 6) is -4.69. The average molecular weight is 364 g/mol. The predicted octanol–water partition coefficient (Wildman–Crippen LogP) is 3.33. The van der Waals surface area contributed by atoms with E-state index in [1.165, 1.54) is 0 Å². The summed E-state index contributed by atoms with van der Waals surface area (Å²) >= 11 is 0. The van der Waals surface area contributed by atoms with Crippen LogP contribution in [0.3, 0.4) is 0 Å². The Bertz CT molecular complexity index is 649. The molecule has 0 bridgehead atoms. The molecular weight excluding hydrogens is 348 g/mol. The van der Waals surface area contributed by atoms with Crippen LogP contribution < -0.4 is 15.4 Å². The van der Waals surface area contributed by atoms with E-state index < -0.39 is 47.6 Å². The van der Waals surface area contributed by atoms with Gasteiger partial charge in [0.15, 0.2) is 17.4 Å². The number of anilines is 1. The number of carboxylic acids is 1. The number of benzene rings is 1. The van der Waals surface area contributed by atoms with Crippen molar-refractivity contribution in [3.63, 3.8) is 0 Å². The Hall–Kier alpha value is -2.52. The molecule has 1 aliphatic rings. The molecule has 0 unspecified atom stereocenters. The van der Waals surface area contributed by atoms with E-state index in [1.807, 2.05) is 0 Å². The summed E-state index contributed by atoms with van der Waals surface area (Å²) in [6.07, 6.45) is 1.71. The van der Waals surface area contributed by atoms with Gasteiger partial charge >= 0.3 is 18.6 Å². The fraction of sp³-hybridized carbons (Fsp3) is 0.467. The van der Waals surface area contributed by atoms with Crippen LogP contribution in [0, 0.1) is 17.6 Å². The van der Waals surface area contributed by atoms with Crippen molar-refractivity contribution in [2.45, 2.75) is 38.3 Å². The number of hydrogen-bond acceptors (Lipinski definition) is 3. The molecule has 25 heavy (non-hydrogen) atoms. The highest BCUT2D eigenvalue weighted by Gasteiger charge is 2.27. The molecule has 0 saturated heterocycles. The van der Waals surface area contributed by atoms with Crippen molar-refractivity contribution in [2.24, 2.45) is 5.92 Å². The molecule has 6 nitrogen and oxygen atoms in total.